The van der Waals surface area contributed by atoms with Crippen molar-refractivity contribution in [1.29, 1.82) is 0 Å². The van der Waals surface area contributed by atoms with E-state index in [1.807, 2.05) is 30.3 Å². The van der Waals surface area contributed by atoms with E-state index in [4.69, 9.17) is 9.26 Å². The monoisotopic (exact) mass is 392 g/mol. The fraction of sp³-hybridized carbons (Fsp3) is 0.300. The van der Waals surface area contributed by atoms with Crippen molar-refractivity contribution in [2.45, 2.75) is 13.1 Å². The molecule has 1 saturated heterocycles. The number of hydrogen-bond acceptors (Lipinski definition) is 7. The minimum atomic E-state index is -0.151. The minimum Gasteiger partial charge on any atom is -0.379 e. The Hall–Kier alpha value is -3.30. The number of aromatic nitrogens is 5. The molecule has 3 aromatic heterocycles. The van der Waals surface area contributed by atoms with Crippen LogP contribution in [-0.2, 0) is 17.8 Å². The molecule has 1 aromatic carbocycles. The number of nitrogens with zero attached hydrogens (tertiary/aromatic N) is 6. The summed E-state index contributed by atoms with van der Waals surface area (Å²) in [6, 6.07) is 11.6. The van der Waals surface area contributed by atoms with Crippen molar-refractivity contribution in [3.8, 4) is 11.3 Å². The van der Waals surface area contributed by atoms with Crippen LogP contribution < -0.4 is 5.56 Å². The van der Waals surface area contributed by atoms with Crippen LogP contribution in [0.1, 0.15) is 11.7 Å². The molecule has 0 saturated carbocycles. The van der Waals surface area contributed by atoms with Gasteiger partial charge in [0, 0.05) is 31.0 Å². The van der Waals surface area contributed by atoms with Crippen LogP contribution in [-0.4, -0.2) is 55.5 Å². The quantitative estimate of drug-likeness (QED) is 0.507. The Kier molecular flexibility index (Phi) is 4.66. The fourth-order valence-electron chi connectivity index (χ4n) is 3.42. The normalized spacial score (nSPS) is 15.2. The third-order valence-corrected chi connectivity index (χ3v) is 4.96. The number of benzene rings is 1. The Labute approximate surface area is 166 Å². The van der Waals surface area contributed by atoms with Gasteiger partial charge in [-0.1, -0.05) is 35.5 Å². The van der Waals surface area contributed by atoms with E-state index >= 15 is 0 Å². The smallest absolute Gasteiger partial charge is 0.277 e. The van der Waals surface area contributed by atoms with E-state index in [0.717, 1.165) is 24.3 Å². The topological polar surface area (TPSA) is 90.7 Å². The highest BCUT2D eigenvalue weighted by molar-refractivity contribution is 5.65. The van der Waals surface area contributed by atoms with E-state index in [1.54, 1.807) is 27.5 Å². The Morgan fingerprint density at radius 2 is 1.86 bits per heavy atom. The Morgan fingerprint density at radius 1 is 1.03 bits per heavy atom. The maximum absolute atomic E-state index is 12.9. The molecular weight excluding hydrogens is 372 g/mol. The highest BCUT2D eigenvalue weighted by Crippen LogP contribution is 2.17. The van der Waals surface area contributed by atoms with E-state index in [0.29, 0.717) is 37.0 Å². The van der Waals surface area contributed by atoms with E-state index in [9.17, 15) is 4.79 Å². The van der Waals surface area contributed by atoms with Crippen molar-refractivity contribution in [3.05, 3.63) is 70.9 Å². The first-order valence-electron chi connectivity index (χ1n) is 9.52. The molecule has 0 spiro atoms. The van der Waals surface area contributed by atoms with Gasteiger partial charge in [0.05, 0.1) is 32.0 Å². The van der Waals surface area contributed by atoms with Crippen molar-refractivity contribution >= 4 is 5.52 Å². The van der Waals surface area contributed by atoms with E-state index in [1.165, 1.54) is 0 Å². The zero-order valence-corrected chi connectivity index (χ0v) is 15.8. The molecule has 148 valence electrons. The fourth-order valence-corrected chi connectivity index (χ4v) is 3.42. The van der Waals surface area contributed by atoms with Crippen LogP contribution >= 0.6 is 0 Å². The van der Waals surface area contributed by atoms with Gasteiger partial charge in [0.2, 0.25) is 5.89 Å². The third kappa shape index (κ3) is 3.69. The SMILES string of the molecule is O=c1c2cc(-c3ccccc3)nn2ccn1Cc1noc(CN2CCOCC2)n1. The molecule has 0 atom stereocenters. The van der Waals surface area contributed by atoms with Crippen LogP contribution in [0.5, 0.6) is 0 Å². The lowest BCUT2D eigenvalue weighted by Crippen LogP contribution is -2.35. The summed E-state index contributed by atoms with van der Waals surface area (Å²) in [7, 11) is 0. The highest BCUT2D eigenvalue weighted by atomic mass is 16.5. The molecule has 5 rings (SSSR count). The van der Waals surface area contributed by atoms with Crippen molar-refractivity contribution in [3.63, 3.8) is 0 Å². The van der Waals surface area contributed by atoms with Crippen molar-refractivity contribution in [1.82, 2.24) is 29.2 Å². The number of ether oxygens (including phenoxy) is 1. The van der Waals surface area contributed by atoms with Gasteiger partial charge in [-0.15, -0.1) is 0 Å². The molecule has 0 N–H and O–H groups in total. The van der Waals surface area contributed by atoms with Gasteiger partial charge in [-0.25, -0.2) is 4.52 Å². The molecule has 4 aromatic rings. The lowest BCUT2D eigenvalue weighted by Gasteiger charge is -2.24. The summed E-state index contributed by atoms with van der Waals surface area (Å²) < 4.78 is 13.9. The molecule has 0 aliphatic carbocycles. The third-order valence-electron chi connectivity index (χ3n) is 4.96. The molecule has 0 radical (unpaired) electrons. The second kappa shape index (κ2) is 7.61. The van der Waals surface area contributed by atoms with Crippen LogP contribution in [0, 0.1) is 0 Å². The van der Waals surface area contributed by atoms with E-state index in [2.05, 4.69) is 20.1 Å². The van der Waals surface area contributed by atoms with Gasteiger partial charge in [-0.3, -0.25) is 9.69 Å². The molecule has 9 heteroatoms. The predicted molar refractivity (Wildman–Crippen MR) is 104 cm³/mol. The number of fused-ring (bicyclic) bond motifs is 1. The Morgan fingerprint density at radius 3 is 2.69 bits per heavy atom. The first kappa shape index (κ1) is 17.8. The molecular formula is C20H20N6O3. The average molecular weight is 392 g/mol. The molecule has 9 nitrogen and oxygen atoms in total. The summed E-state index contributed by atoms with van der Waals surface area (Å²) >= 11 is 0. The van der Waals surface area contributed by atoms with Gasteiger partial charge in [0.15, 0.2) is 5.82 Å². The molecule has 4 heterocycles. The summed E-state index contributed by atoms with van der Waals surface area (Å²) in [5.41, 5.74) is 2.07. The summed E-state index contributed by atoms with van der Waals surface area (Å²) in [6.45, 7) is 3.96. The maximum Gasteiger partial charge on any atom is 0.277 e. The molecule has 0 amide bonds. The zero-order chi connectivity index (χ0) is 19.6. The first-order chi connectivity index (χ1) is 14.3. The predicted octanol–water partition coefficient (Wildman–Crippen LogP) is 1.43. The van der Waals surface area contributed by atoms with E-state index < -0.39 is 0 Å². The Bertz CT molecular complexity index is 1170. The van der Waals surface area contributed by atoms with Crippen LogP contribution in [0.15, 0.2) is 58.1 Å². The molecule has 0 bridgehead atoms. The first-order valence-corrected chi connectivity index (χ1v) is 9.52. The minimum absolute atomic E-state index is 0.151. The zero-order valence-electron chi connectivity index (χ0n) is 15.8. The maximum atomic E-state index is 12.9. The molecule has 0 unspecified atom stereocenters. The van der Waals surface area contributed by atoms with Crippen molar-refractivity contribution in [2.75, 3.05) is 26.3 Å². The lowest BCUT2D eigenvalue weighted by atomic mass is 10.1. The van der Waals surface area contributed by atoms with Crippen LogP contribution in [0.2, 0.25) is 0 Å². The second-order valence-corrected chi connectivity index (χ2v) is 6.95. The van der Waals surface area contributed by atoms with Crippen LogP contribution in [0.25, 0.3) is 16.8 Å². The van der Waals surface area contributed by atoms with Gasteiger partial charge >= 0.3 is 0 Å². The lowest BCUT2D eigenvalue weighted by molar-refractivity contribution is 0.0297. The van der Waals surface area contributed by atoms with Crippen molar-refractivity contribution < 1.29 is 9.26 Å². The average Bonchev–Trinajstić information content (AvgIpc) is 3.39. The standard InChI is InChI=1S/C20H20N6O3/c27-20-17-12-16(15-4-2-1-3-5-15)22-26(17)7-6-25(20)13-18-21-19(29-23-18)14-24-8-10-28-11-9-24/h1-7,12H,8-11,13-14H2. The molecule has 1 aliphatic rings. The highest BCUT2D eigenvalue weighted by Gasteiger charge is 2.16. The van der Waals surface area contributed by atoms with Gasteiger partial charge in [-0.2, -0.15) is 10.1 Å². The summed E-state index contributed by atoms with van der Waals surface area (Å²) in [5.74, 6) is 1.02. The summed E-state index contributed by atoms with van der Waals surface area (Å²) in [6.07, 6.45) is 3.45. The Balaban J connectivity index is 1.37. The second-order valence-electron chi connectivity index (χ2n) is 6.95. The van der Waals surface area contributed by atoms with Crippen molar-refractivity contribution in [2.24, 2.45) is 0 Å². The van der Waals surface area contributed by atoms with Gasteiger partial charge < -0.3 is 13.8 Å². The van der Waals surface area contributed by atoms with Crippen LogP contribution in [0.3, 0.4) is 0 Å². The largest absolute Gasteiger partial charge is 0.379 e. The van der Waals surface area contributed by atoms with Gasteiger partial charge in [-0.05, 0) is 6.07 Å². The van der Waals surface area contributed by atoms with Gasteiger partial charge in [0.1, 0.15) is 5.52 Å². The number of rotatable bonds is 5. The molecule has 1 fully saturated rings. The van der Waals surface area contributed by atoms with Gasteiger partial charge in [0.25, 0.3) is 5.56 Å². The van der Waals surface area contributed by atoms with Crippen LogP contribution in [0.4, 0.5) is 0 Å². The van der Waals surface area contributed by atoms with E-state index in [-0.39, 0.29) is 12.1 Å². The molecule has 29 heavy (non-hydrogen) atoms. The molecule has 1 aliphatic heterocycles. The summed E-state index contributed by atoms with van der Waals surface area (Å²) in [5, 5.41) is 8.52. The number of morpholine rings is 1. The summed E-state index contributed by atoms with van der Waals surface area (Å²) in [4.78, 5) is 19.5. The number of hydrogen-bond donors (Lipinski definition) is 0.